The Kier molecular flexibility index (Phi) is 3.15. The molecule has 11 heavy (non-hydrogen) atoms. The molecule has 0 spiro atoms. The van der Waals surface area contributed by atoms with Crippen molar-refractivity contribution in [2.75, 3.05) is 7.11 Å². The first-order valence-corrected chi connectivity index (χ1v) is 4.34. The third-order valence-electron chi connectivity index (χ3n) is 1.27. The minimum absolute atomic E-state index is 0.412. The van der Waals surface area contributed by atoms with Crippen LogP contribution in [-0.4, -0.2) is 12.1 Å². The lowest BCUT2D eigenvalue weighted by molar-refractivity contribution is 0.408. The van der Waals surface area contributed by atoms with Crippen LogP contribution in [-0.2, 0) is 5.88 Å². The zero-order valence-corrected chi connectivity index (χ0v) is 8.32. The number of alkyl halides is 1. The highest BCUT2D eigenvalue weighted by molar-refractivity contribution is 9.10. The van der Waals surface area contributed by atoms with Crippen LogP contribution < -0.4 is 4.74 Å². The predicted octanol–water partition coefficient (Wildman–Crippen LogP) is 2.59. The van der Waals surface area contributed by atoms with E-state index in [9.17, 15) is 0 Å². The molecule has 0 radical (unpaired) electrons. The first-order chi connectivity index (χ1) is 5.29. The zero-order valence-electron chi connectivity index (χ0n) is 5.97. The predicted molar refractivity (Wildman–Crippen MR) is 48.0 cm³/mol. The summed E-state index contributed by atoms with van der Waals surface area (Å²) in [6, 6.07) is 0. The molecule has 0 atom stereocenters. The molecular formula is C7H7BrClNO. The highest BCUT2D eigenvalue weighted by atomic mass is 79.9. The first kappa shape index (κ1) is 8.81. The molecule has 60 valence electrons. The third-order valence-corrected chi connectivity index (χ3v) is 2.13. The van der Waals surface area contributed by atoms with Crippen LogP contribution in [0.4, 0.5) is 0 Å². The molecular weight excluding hydrogens is 229 g/mol. The van der Waals surface area contributed by atoms with Gasteiger partial charge in [-0.2, -0.15) is 0 Å². The Bertz CT molecular complexity index is 254. The second-order valence-corrected chi connectivity index (χ2v) is 3.07. The summed E-state index contributed by atoms with van der Waals surface area (Å²) in [7, 11) is 1.61. The Morgan fingerprint density at radius 3 is 2.82 bits per heavy atom. The Hall–Kier alpha value is -0.280. The number of hydrogen-bond acceptors (Lipinski definition) is 2. The fourth-order valence-corrected chi connectivity index (χ4v) is 1.51. The molecule has 1 aromatic heterocycles. The maximum absolute atomic E-state index is 5.64. The molecule has 1 aromatic rings. The molecule has 0 bridgehead atoms. The van der Waals surface area contributed by atoms with Crippen LogP contribution in [0, 0.1) is 0 Å². The minimum Gasteiger partial charge on any atom is -0.495 e. The van der Waals surface area contributed by atoms with Crippen LogP contribution in [0.2, 0.25) is 0 Å². The number of ether oxygens (including phenoxy) is 1. The third kappa shape index (κ3) is 1.84. The Labute approximate surface area is 78.7 Å². The molecule has 0 aromatic carbocycles. The van der Waals surface area contributed by atoms with Crippen molar-refractivity contribution in [1.29, 1.82) is 0 Å². The Morgan fingerprint density at radius 2 is 2.36 bits per heavy atom. The summed E-state index contributed by atoms with van der Waals surface area (Å²) in [6.07, 6.45) is 3.37. The van der Waals surface area contributed by atoms with Gasteiger partial charge >= 0.3 is 0 Å². The van der Waals surface area contributed by atoms with Crippen LogP contribution in [0.5, 0.6) is 5.75 Å². The Balaban J connectivity index is 3.13. The summed E-state index contributed by atoms with van der Waals surface area (Å²) in [5, 5.41) is 0. The van der Waals surface area contributed by atoms with Gasteiger partial charge in [-0.1, -0.05) is 0 Å². The van der Waals surface area contributed by atoms with E-state index in [-0.39, 0.29) is 0 Å². The molecule has 0 aliphatic heterocycles. The standard InChI is InChI=1S/C7H7BrClNO/c1-11-7-5(2-9)3-10-4-6(7)8/h3-4H,2H2,1H3. The lowest BCUT2D eigenvalue weighted by Crippen LogP contribution is -1.91. The summed E-state index contributed by atoms with van der Waals surface area (Å²) in [6.45, 7) is 0. The van der Waals surface area contributed by atoms with Gasteiger partial charge in [-0.25, -0.2) is 0 Å². The largest absolute Gasteiger partial charge is 0.495 e. The van der Waals surface area contributed by atoms with Gasteiger partial charge in [-0.3, -0.25) is 4.98 Å². The first-order valence-electron chi connectivity index (χ1n) is 3.02. The molecule has 0 fully saturated rings. The number of nitrogens with zero attached hydrogens (tertiary/aromatic N) is 1. The SMILES string of the molecule is COc1c(Br)cncc1CCl. The lowest BCUT2D eigenvalue weighted by atomic mass is 10.3. The summed E-state index contributed by atoms with van der Waals surface area (Å²) in [5.41, 5.74) is 0.892. The van der Waals surface area contributed by atoms with Crippen molar-refractivity contribution < 1.29 is 4.74 Å². The number of hydrogen-bond donors (Lipinski definition) is 0. The van der Waals surface area contributed by atoms with Gasteiger partial charge in [0.1, 0.15) is 5.75 Å². The summed E-state index contributed by atoms with van der Waals surface area (Å²) >= 11 is 8.94. The fourth-order valence-electron chi connectivity index (χ4n) is 0.787. The number of aromatic nitrogens is 1. The highest BCUT2D eigenvalue weighted by Crippen LogP contribution is 2.28. The molecule has 0 amide bonds. The molecule has 0 N–H and O–H groups in total. The van der Waals surface area contributed by atoms with Gasteiger partial charge in [0.05, 0.1) is 17.5 Å². The number of rotatable bonds is 2. The van der Waals surface area contributed by atoms with E-state index in [1.54, 1.807) is 19.5 Å². The van der Waals surface area contributed by atoms with Crippen molar-refractivity contribution in [2.45, 2.75) is 5.88 Å². The lowest BCUT2D eigenvalue weighted by Gasteiger charge is -2.05. The van der Waals surface area contributed by atoms with Crippen LogP contribution in [0.1, 0.15) is 5.56 Å². The van der Waals surface area contributed by atoms with E-state index < -0.39 is 0 Å². The second-order valence-electron chi connectivity index (χ2n) is 1.95. The van der Waals surface area contributed by atoms with E-state index in [1.165, 1.54) is 0 Å². The van der Waals surface area contributed by atoms with Crippen LogP contribution in [0.15, 0.2) is 16.9 Å². The van der Waals surface area contributed by atoms with E-state index in [0.717, 1.165) is 15.8 Å². The monoisotopic (exact) mass is 235 g/mol. The minimum atomic E-state index is 0.412. The van der Waals surface area contributed by atoms with E-state index in [4.69, 9.17) is 16.3 Å². The molecule has 2 nitrogen and oxygen atoms in total. The average Bonchev–Trinajstić information content (AvgIpc) is 2.04. The quantitative estimate of drug-likeness (QED) is 0.737. The summed E-state index contributed by atoms with van der Waals surface area (Å²) in [4.78, 5) is 3.95. The van der Waals surface area contributed by atoms with Crippen LogP contribution in [0.3, 0.4) is 0 Å². The van der Waals surface area contributed by atoms with Crippen molar-refractivity contribution in [3.05, 3.63) is 22.4 Å². The molecule has 1 heterocycles. The molecule has 0 saturated carbocycles. The summed E-state index contributed by atoms with van der Waals surface area (Å²) in [5.74, 6) is 1.17. The van der Waals surface area contributed by atoms with Gasteiger partial charge in [0.2, 0.25) is 0 Å². The van der Waals surface area contributed by atoms with Crippen molar-refractivity contribution in [3.8, 4) is 5.75 Å². The van der Waals surface area contributed by atoms with Crippen molar-refractivity contribution in [1.82, 2.24) is 4.98 Å². The van der Waals surface area contributed by atoms with E-state index in [1.807, 2.05) is 0 Å². The summed E-state index contributed by atoms with van der Waals surface area (Å²) < 4.78 is 5.93. The van der Waals surface area contributed by atoms with E-state index in [2.05, 4.69) is 20.9 Å². The van der Waals surface area contributed by atoms with Crippen molar-refractivity contribution in [3.63, 3.8) is 0 Å². The topological polar surface area (TPSA) is 22.1 Å². The molecule has 0 aliphatic carbocycles. The average molecular weight is 236 g/mol. The smallest absolute Gasteiger partial charge is 0.140 e. The molecule has 0 aliphatic rings. The maximum atomic E-state index is 5.64. The van der Waals surface area contributed by atoms with Gasteiger partial charge in [0.15, 0.2) is 0 Å². The zero-order chi connectivity index (χ0) is 8.27. The molecule has 1 rings (SSSR count). The van der Waals surface area contributed by atoms with Gasteiger partial charge < -0.3 is 4.74 Å². The highest BCUT2D eigenvalue weighted by Gasteiger charge is 2.05. The van der Waals surface area contributed by atoms with E-state index in [0.29, 0.717) is 5.88 Å². The van der Waals surface area contributed by atoms with Crippen LogP contribution in [0.25, 0.3) is 0 Å². The van der Waals surface area contributed by atoms with Crippen LogP contribution >= 0.6 is 27.5 Å². The molecule has 0 unspecified atom stereocenters. The number of halogens is 2. The number of pyridine rings is 1. The number of methoxy groups -OCH3 is 1. The van der Waals surface area contributed by atoms with Gasteiger partial charge in [0.25, 0.3) is 0 Å². The second kappa shape index (κ2) is 3.93. The fraction of sp³-hybridized carbons (Fsp3) is 0.286. The maximum Gasteiger partial charge on any atom is 0.140 e. The van der Waals surface area contributed by atoms with Crippen molar-refractivity contribution >= 4 is 27.5 Å². The normalized spacial score (nSPS) is 9.73. The van der Waals surface area contributed by atoms with E-state index >= 15 is 0 Å². The molecule has 4 heteroatoms. The van der Waals surface area contributed by atoms with Gasteiger partial charge in [-0.15, -0.1) is 11.6 Å². The van der Waals surface area contributed by atoms with Crippen molar-refractivity contribution in [2.24, 2.45) is 0 Å². The van der Waals surface area contributed by atoms with Gasteiger partial charge in [-0.05, 0) is 15.9 Å². The Morgan fingerprint density at radius 1 is 1.64 bits per heavy atom. The van der Waals surface area contributed by atoms with Gasteiger partial charge in [0, 0.05) is 18.0 Å². The molecule has 0 saturated heterocycles.